The van der Waals surface area contributed by atoms with Crippen LogP contribution in [0, 0.1) is 10.1 Å². The normalized spacial score (nSPS) is 14.0. The van der Waals surface area contributed by atoms with E-state index in [4.69, 9.17) is 0 Å². The van der Waals surface area contributed by atoms with Crippen LogP contribution in [-0.2, 0) is 11.3 Å². The number of hydrogen-bond donors (Lipinski definition) is 3. The predicted molar refractivity (Wildman–Crippen MR) is 118 cm³/mol. The van der Waals surface area contributed by atoms with Crippen LogP contribution >= 0.6 is 0 Å². The van der Waals surface area contributed by atoms with E-state index in [1.165, 1.54) is 12.1 Å². The molecule has 9 heteroatoms. The molecule has 158 valence electrons. The second-order valence-corrected chi connectivity index (χ2v) is 6.90. The molecule has 1 aliphatic heterocycles. The van der Waals surface area contributed by atoms with E-state index in [0.29, 0.717) is 32.0 Å². The Labute approximate surface area is 175 Å². The maximum Gasteiger partial charge on any atom is 0.269 e. The van der Waals surface area contributed by atoms with Crippen LogP contribution in [0.4, 0.5) is 17.1 Å². The summed E-state index contributed by atoms with van der Waals surface area (Å²) in [6.45, 7) is 2.67. The highest BCUT2D eigenvalue weighted by Crippen LogP contribution is 2.21. The number of amides is 1. The molecule has 30 heavy (non-hydrogen) atoms. The van der Waals surface area contributed by atoms with Gasteiger partial charge in [-0.05, 0) is 36.2 Å². The van der Waals surface area contributed by atoms with E-state index < -0.39 is 4.92 Å². The number of aliphatic imine (C=N–C) groups is 1. The highest BCUT2D eigenvalue weighted by Gasteiger charge is 2.21. The Morgan fingerprint density at radius 1 is 1.10 bits per heavy atom. The largest absolute Gasteiger partial charge is 0.383 e. The topological polar surface area (TPSA) is 112 Å². The SMILES string of the molecule is CN=C(NCCNc1ccc([N+](=O)[O-])cc1)NCc1ccc(N2CCCC2=O)cc1. The van der Waals surface area contributed by atoms with Crippen molar-refractivity contribution in [3.63, 3.8) is 0 Å². The van der Waals surface area contributed by atoms with Crippen molar-refractivity contribution >= 4 is 28.9 Å². The van der Waals surface area contributed by atoms with Crippen molar-refractivity contribution in [3.8, 4) is 0 Å². The summed E-state index contributed by atoms with van der Waals surface area (Å²) in [7, 11) is 1.71. The van der Waals surface area contributed by atoms with E-state index in [1.807, 2.05) is 29.2 Å². The van der Waals surface area contributed by atoms with Crippen LogP contribution in [0.25, 0.3) is 0 Å². The number of nitrogens with one attached hydrogen (secondary N) is 3. The fourth-order valence-corrected chi connectivity index (χ4v) is 3.21. The number of carbonyl (C=O) groups excluding carboxylic acids is 1. The van der Waals surface area contributed by atoms with Crippen LogP contribution in [-0.4, -0.2) is 43.5 Å². The third kappa shape index (κ3) is 5.69. The van der Waals surface area contributed by atoms with Crippen LogP contribution < -0.4 is 20.9 Å². The Morgan fingerprint density at radius 3 is 2.43 bits per heavy atom. The zero-order valence-electron chi connectivity index (χ0n) is 16.9. The van der Waals surface area contributed by atoms with Gasteiger partial charge in [0.15, 0.2) is 5.96 Å². The molecule has 9 nitrogen and oxygen atoms in total. The molecule has 1 heterocycles. The van der Waals surface area contributed by atoms with Crippen LogP contribution in [0.2, 0.25) is 0 Å². The Bertz CT molecular complexity index is 896. The van der Waals surface area contributed by atoms with Crippen molar-refractivity contribution in [2.24, 2.45) is 4.99 Å². The Balaban J connectivity index is 1.39. The quantitative estimate of drug-likeness (QED) is 0.203. The van der Waals surface area contributed by atoms with Crippen molar-refractivity contribution in [3.05, 3.63) is 64.2 Å². The Kier molecular flexibility index (Phi) is 7.20. The molecule has 0 radical (unpaired) electrons. The summed E-state index contributed by atoms with van der Waals surface area (Å²) in [6.07, 6.45) is 1.55. The zero-order valence-corrected chi connectivity index (χ0v) is 16.9. The number of benzene rings is 2. The lowest BCUT2D eigenvalue weighted by molar-refractivity contribution is -0.384. The van der Waals surface area contributed by atoms with Crippen LogP contribution in [0.3, 0.4) is 0 Å². The van der Waals surface area contributed by atoms with Gasteiger partial charge < -0.3 is 20.9 Å². The average molecular weight is 410 g/mol. The number of rotatable bonds is 8. The first-order valence-electron chi connectivity index (χ1n) is 9.89. The minimum absolute atomic E-state index is 0.0725. The van der Waals surface area contributed by atoms with Gasteiger partial charge in [0.05, 0.1) is 4.92 Å². The van der Waals surface area contributed by atoms with Gasteiger partial charge in [-0.3, -0.25) is 19.9 Å². The standard InChI is InChI=1S/C21H26N6O3/c1-22-21(24-13-12-23-17-6-10-19(11-7-17)27(29)30)25-15-16-4-8-18(9-5-16)26-14-2-3-20(26)28/h4-11,23H,2-3,12-15H2,1H3,(H2,22,24,25). The number of nitro groups is 1. The third-order valence-corrected chi connectivity index (χ3v) is 4.83. The maximum atomic E-state index is 11.8. The average Bonchev–Trinajstić information content (AvgIpc) is 3.20. The van der Waals surface area contributed by atoms with E-state index in [2.05, 4.69) is 20.9 Å². The van der Waals surface area contributed by atoms with E-state index in [1.54, 1.807) is 19.2 Å². The van der Waals surface area contributed by atoms with Gasteiger partial charge in [-0.2, -0.15) is 0 Å². The fourth-order valence-electron chi connectivity index (χ4n) is 3.21. The molecule has 2 aromatic carbocycles. The summed E-state index contributed by atoms with van der Waals surface area (Å²) in [5.41, 5.74) is 2.93. The van der Waals surface area contributed by atoms with Gasteiger partial charge in [-0.15, -0.1) is 0 Å². The second-order valence-electron chi connectivity index (χ2n) is 6.90. The number of guanidine groups is 1. The van der Waals surface area contributed by atoms with E-state index in [0.717, 1.165) is 29.9 Å². The van der Waals surface area contributed by atoms with Gasteiger partial charge in [-0.25, -0.2) is 0 Å². The summed E-state index contributed by atoms with van der Waals surface area (Å²) in [6, 6.07) is 14.3. The lowest BCUT2D eigenvalue weighted by atomic mass is 10.2. The molecule has 3 N–H and O–H groups in total. The second kappa shape index (κ2) is 10.2. The molecule has 0 aliphatic carbocycles. The van der Waals surface area contributed by atoms with Gasteiger partial charge in [0.2, 0.25) is 5.91 Å². The molecule has 0 saturated carbocycles. The van der Waals surface area contributed by atoms with Crippen molar-refractivity contribution in [1.82, 2.24) is 10.6 Å². The van der Waals surface area contributed by atoms with E-state index >= 15 is 0 Å². The predicted octanol–water partition coefficient (Wildman–Crippen LogP) is 2.50. The molecular formula is C21H26N6O3. The Morgan fingerprint density at radius 2 is 1.83 bits per heavy atom. The Hall–Kier alpha value is -3.62. The number of carbonyl (C=O) groups is 1. The van der Waals surface area contributed by atoms with Gasteiger partial charge in [0, 0.05) is 63.2 Å². The van der Waals surface area contributed by atoms with Gasteiger partial charge in [0.25, 0.3) is 5.69 Å². The first kappa shape index (κ1) is 21.1. The van der Waals surface area contributed by atoms with Crippen LogP contribution in [0.15, 0.2) is 53.5 Å². The fraction of sp³-hybridized carbons (Fsp3) is 0.333. The maximum absolute atomic E-state index is 11.8. The van der Waals surface area contributed by atoms with Crippen molar-refractivity contribution in [1.29, 1.82) is 0 Å². The molecule has 3 rings (SSSR count). The molecule has 1 amide bonds. The lowest BCUT2D eigenvalue weighted by Gasteiger charge is -2.16. The molecular weight excluding hydrogens is 384 g/mol. The number of hydrogen-bond acceptors (Lipinski definition) is 5. The van der Waals surface area contributed by atoms with Crippen LogP contribution in [0.1, 0.15) is 18.4 Å². The summed E-state index contributed by atoms with van der Waals surface area (Å²) in [5, 5.41) is 20.3. The molecule has 1 aliphatic rings. The summed E-state index contributed by atoms with van der Waals surface area (Å²) < 4.78 is 0. The smallest absolute Gasteiger partial charge is 0.269 e. The van der Waals surface area contributed by atoms with Crippen LogP contribution in [0.5, 0.6) is 0 Å². The van der Waals surface area contributed by atoms with E-state index in [-0.39, 0.29) is 11.6 Å². The molecule has 2 aromatic rings. The summed E-state index contributed by atoms with van der Waals surface area (Å²) >= 11 is 0. The molecule has 0 unspecified atom stereocenters. The van der Waals surface area contributed by atoms with Gasteiger partial charge in [0.1, 0.15) is 0 Å². The first-order chi connectivity index (χ1) is 14.6. The zero-order chi connectivity index (χ0) is 21.3. The minimum Gasteiger partial charge on any atom is -0.383 e. The van der Waals surface area contributed by atoms with E-state index in [9.17, 15) is 14.9 Å². The molecule has 0 bridgehead atoms. The third-order valence-electron chi connectivity index (χ3n) is 4.83. The lowest BCUT2D eigenvalue weighted by Crippen LogP contribution is -2.39. The highest BCUT2D eigenvalue weighted by molar-refractivity contribution is 5.95. The number of nitro benzene ring substituents is 1. The molecule has 0 atom stereocenters. The highest BCUT2D eigenvalue weighted by atomic mass is 16.6. The molecule has 1 fully saturated rings. The number of non-ortho nitro benzene ring substituents is 1. The first-order valence-corrected chi connectivity index (χ1v) is 9.89. The minimum atomic E-state index is -0.416. The summed E-state index contributed by atoms with van der Waals surface area (Å²) in [5.74, 6) is 0.868. The molecule has 0 aromatic heterocycles. The monoisotopic (exact) mass is 410 g/mol. The number of anilines is 2. The van der Waals surface area contributed by atoms with Crippen molar-refractivity contribution < 1.29 is 9.72 Å². The summed E-state index contributed by atoms with van der Waals surface area (Å²) in [4.78, 5) is 28.1. The molecule has 1 saturated heterocycles. The van der Waals surface area contributed by atoms with Gasteiger partial charge in [-0.1, -0.05) is 12.1 Å². The number of nitrogens with zero attached hydrogens (tertiary/aromatic N) is 3. The van der Waals surface area contributed by atoms with Gasteiger partial charge >= 0.3 is 0 Å². The van der Waals surface area contributed by atoms with Crippen molar-refractivity contribution in [2.45, 2.75) is 19.4 Å². The molecule has 0 spiro atoms. The van der Waals surface area contributed by atoms with Crippen molar-refractivity contribution in [2.75, 3.05) is 36.9 Å².